The van der Waals surface area contributed by atoms with E-state index in [2.05, 4.69) is 77.6 Å². The van der Waals surface area contributed by atoms with Gasteiger partial charge in [-0.3, -0.25) is 0 Å². The molecule has 0 aliphatic rings. The van der Waals surface area contributed by atoms with E-state index in [0.717, 1.165) is 10.2 Å². The zero-order valence-electron chi connectivity index (χ0n) is 12.1. The van der Waals surface area contributed by atoms with Gasteiger partial charge >= 0.3 is 0 Å². The molecule has 0 radical (unpaired) electrons. The van der Waals surface area contributed by atoms with E-state index in [1.165, 1.54) is 21.6 Å². The van der Waals surface area contributed by atoms with Crippen LogP contribution in [0.25, 0.3) is 0 Å². The monoisotopic (exact) mass is 349 g/mol. The molecule has 2 aromatic carbocycles. The minimum atomic E-state index is 0.373. The highest BCUT2D eigenvalue weighted by Crippen LogP contribution is 2.27. The molecule has 0 fully saturated rings. The first kappa shape index (κ1) is 15.6. The van der Waals surface area contributed by atoms with Crippen molar-refractivity contribution in [2.75, 3.05) is 12.8 Å². The van der Waals surface area contributed by atoms with Crippen LogP contribution in [0.1, 0.15) is 22.7 Å². The molecule has 1 atom stereocenters. The van der Waals surface area contributed by atoms with Gasteiger partial charge < -0.3 is 5.32 Å². The molecule has 2 aromatic rings. The number of halogens is 1. The van der Waals surface area contributed by atoms with E-state index in [9.17, 15) is 0 Å². The van der Waals surface area contributed by atoms with Crippen LogP contribution >= 0.6 is 27.7 Å². The van der Waals surface area contributed by atoms with E-state index < -0.39 is 0 Å². The summed E-state index contributed by atoms with van der Waals surface area (Å²) in [6, 6.07) is 15.6. The molecule has 0 heterocycles. The summed E-state index contributed by atoms with van der Waals surface area (Å²) in [6.07, 6.45) is 0. The van der Waals surface area contributed by atoms with Crippen molar-refractivity contribution in [1.82, 2.24) is 5.32 Å². The number of aryl methyl sites for hydroxylation is 2. The average molecular weight is 350 g/mol. The number of thioether (sulfide) groups is 1. The molecule has 0 bridgehead atoms. The summed E-state index contributed by atoms with van der Waals surface area (Å²) in [5, 5.41) is 3.43. The van der Waals surface area contributed by atoms with Gasteiger partial charge in [-0.25, -0.2) is 0 Å². The van der Waals surface area contributed by atoms with E-state index >= 15 is 0 Å². The maximum absolute atomic E-state index is 3.52. The van der Waals surface area contributed by atoms with Crippen LogP contribution < -0.4 is 5.32 Å². The number of hydrogen-bond acceptors (Lipinski definition) is 2. The lowest BCUT2D eigenvalue weighted by Gasteiger charge is -2.17. The molecule has 1 unspecified atom stereocenters. The largest absolute Gasteiger partial charge is 0.312 e. The van der Waals surface area contributed by atoms with Crippen molar-refractivity contribution in [3.05, 3.63) is 63.6 Å². The normalized spacial score (nSPS) is 12.4. The van der Waals surface area contributed by atoms with Crippen molar-refractivity contribution in [2.45, 2.75) is 24.8 Å². The second-order valence-electron chi connectivity index (χ2n) is 5.03. The minimum absolute atomic E-state index is 0.373. The van der Waals surface area contributed by atoms with E-state index in [1.54, 1.807) is 0 Å². The van der Waals surface area contributed by atoms with Gasteiger partial charge in [-0.15, -0.1) is 11.8 Å². The maximum Gasteiger partial charge on any atom is 0.0413 e. The lowest BCUT2D eigenvalue weighted by atomic mass is 10.0. The van der Waals surface area contributed by atoms with E-state index in [0.29, 0.717) is 6.04 Å². The predicted molar refractivity (Wildman–Crippen MR) is 92.6 cm³/mol. The molecule has 0 aromatic heterocycles. The molecule has 0 aliphatic carbocycles. The molecule has 1 N–H and O–H groups in total. The van der Waals surface area contributed by atoms with Gasteiger partial charge in [0.2, 0.25) is 0 Å². The van der Waals surface area contributed by atoms with Crippen molar-refractivity contribution < 1.29 is 0 Å². The third kappa shape index (κ3) is 4.37. The Hall–Kier alpha value is -0.770. The van der Waals surface area contributed by atoms with Gasteiger partial charge in [0.15, 0.2) is 0 Å². The third-order valence-corrected chi connectivity index (χ3v) is 4.79. The summed E-state index contributed by atoms with van der Waals surface area (Å²) in [7, 11) is 2.03. The molecular formula is C17H20BrNS. The highest BCUT2D eigenvalue weighted by Gasteiger charge is 2.10. The lowest BCUT2D eigenvalue weighted by molar-refractivity contribution is 0.661. The summed E-state index contributed by atoms with van der Waals surface area (Å²) in [5.74, 6) is 1.02. The van der Waals surface area contributed by atoms with Crippen molar-refractivity contribution in [3.63, 3.8) is 0 Å². The number of hydrogen-bond donors (Lipinski definition) is 1. The summed E-state index contributed by atoms with van der Waals surface area (Å²) < 4.78 is 1.13. The highest BCUT2D eigenvalue weighted by molar-refractivity contribution is 9.10. The lowest BCUT2D eigenvalue weighted by Crippen LogP contribution is -2.19. The number of benzene rings is 2. The molecule has 0 spiro atoms. The van der Waals surface area contributed by atoms with Crippen LogP contribution in [0.5, 0.6) is 0 Å². The zero-order valence-corrected chi connectivity index (χ0v) is 14.5. The Labute approximate surface area is 134 Å². The average Bonchev–Trinajstić information content (AvgIpc) is 2.38. The second kappa shape index (κ2) is 7.30. The fourth-order valence-electron chi connectivity index (χ4n) is 2.29. The Morgan fingerprint density at radius 2 is 1.80 bits per heavy atom. The zero-order chi connectivity index (χ0) is 14.5. The molecule has 3 heteroatoms. The Morgan fingerprint density at radius 1 is 1.10 bits per heavy atom. The van der Waals surface area contributed by atoms with Crippen LogP contribution in [0.2, 0.25) is 0 Å². The van der Waals surface area contributed by atoms with E-state index in [-0.39, 0.29) is 0 Å². The number of nitrogens with one attached hydrogen (secondary N) is 1. The Morgan fingerprint density at radius 3 is 2.40 bits per heavy atom. The van der Waals surface area contributed by atoms with Crippen LogP contribution in [0, 0.1) is 13.8 Å². The van der Waals surface area contributed by atoms with Gasteiger partial charge in [0, 0.05) is 21.2 Å². The van der Waals surface area contributed by atoms with Crippen LogP contribution in [0.4, 0.5) is 0 Å². The van der Waals surface area contributed by atoms with Gasteiger partial charge in [-0.05, 0) is 44.7 Å². The molecule has 106 valence electrons. The molecule has 2 rings (SSSR count). The maximum atomic E-state index is 3.52. The topological polar surface area (TPSA) is 12.0 Å². The van der Waals surface area contributed by atoms with Crippen molar-refractivity contribution in [2.24, 2.45) is 0 Å². The molecule has 20 heavy (non-hydrogen) atoms. The fraction of sp³-hybridized carbons (Fsp3) is 0.294. The van der Waals surface area contributed by atoms with Gasteiger partial charge in [0.1, 0.15) is 0 Å². The van der Waals surface area contributed by atoms with Crippen molar-refractivity contribution >= 4 is 27.7 Å². The van der Waals surface area contributed by atoms with Gasteiger partial charge in [-0.2, -0.15) is 0 Å². The Balaban J connectivity index is 2.09. The molecule has 0 saturated carbocycles. The minimum Gasteiger partial charge on any atom is -0.312 e. The quantitative estimate of drug-likeness (QED) is 0.752. The van der Waals surface area contributed by atoms with E-state index in [1.807, 2.05) is 18.8 Å². The first-order valence-electron chi connectivity index (χ1n) is 6.72. The molecule has 0 saturated heterocycles. The molecule has 1 nitrogen and oxygen atoms in total. The summed E-state index contributed by atoms with van der Waals surface area (Å²) in [4.78, 5) is 1.30. The Bertz CT molecular complexity index is 563. The highest BCUT2D eigenvalue weighted by atomic mass is 79.9. The van der Waals surface area contributed by atoms with Gasteiger partial charge in [0.25, 0.3) is 0 Å². The number of rotatable bonds is 5. The summed E-state index contributed by atoms with van der Waals surface area (Å²) in [5.41, 5.74) is 4.02. The van der Waals surface area contributed by atoms with E-state index in [4.69, 9.17) is 0 Å². The SMILES string of the molecule is CNC(CSc1cccc(Br)c1)c1cc(C)cc(C)c1. The van der Waals surface area contributed by atoms with Crippen molar-refractivity contribution in [3.8, 4) is 0 Å². The van der Waals surface area contributed by atoms with Gasteiger partial charge in [0.05, 0.1) is 0 Å². The second-order valence-corrected chi connectivity index (χ2v) is 7.04. The fourth-order valence-corrected chi connectivity index (χ4v) is 3.95. The smallest absolute Gasteiger partial charge is 0.0413 e. The standard InChI is InChI=1S/C17H20BrNS/c1-12-7-13(2)9-14(8-12)17(19-3)11-20-16-6-4-5-15(18)10-16/h4-10,17,19H,11H2,1-3H3. The first-order chi connectivity index (χ1) is 9.58. The van der Waals surface area contributed by atoms with Crippen LogP contribution in [0.15, 0.2) is 51.8 Å². The molecule has 0 aliphatic heterocycles. The summed E-state index contributed by atoms with van der Waals surface area (Å²) >= 11 is 5.40. The van der Waals surface area contributed by atoms with Gasteiger partial charge in [-0.1, -0.05) is 51.3 Å². The molecule has 0 amide bonds. The first-order valence-corrected chi connectivity index (χ1v) is 8.50. The van der Waals surface area contributed by atoms with Crippen LogP contribution in [-0.4, -0.2) is 12.8 Å². The third-order valence-electron chi connectivity index (χ3n) is 3.21. The van der Waals surface area contributed by atoms with Crippen LogP contribution in [0.3, 0.4) is 0 Å². The predicted octanol–water partition coefficient (Wildman–Crippen LogP) is 5.12. The molecular weight excluding hydrogens is 330 g/mol. The Kier molecular flexibility index (Phi) is 5.70. The van der Waals surface area contributed by atoms with Crippen molar-refractivity contribution in [1.29, 1.82) is 0 Å². The summed E-state index contributed by atoms with van der Waals surface area (Å²) in [6.45, 7) is 4.31. The van der Waals surface area contributed by atoms with Crippen LogP contribution in [-0.2, 0) is 0 Å².